The second kappa shape index (κ2) is 5.68. The molecule has 0 aromatic heterocycles. The van der Waals surface area contributed by atoms with E-state index in [-0.39, 0.29) is 6.61 Å². The lowest BCUT2D eigenvalue weighted by Crippen LogP contribution is -2.28. The highest BCUT2D eigenvalue weighted by Gasteiger charge is 1.96. The van der Waals surface area contributed by atoms with Gasteiger partial charge in [0.1, 0.15) is 6.29 Å². The van der Waals surface area contributed by atoms with Crippen LogP contribution in [0.25, 0.3) is 0 Å². The van der Waals surface area contributed by atoms with Crippen molar-refractivity contribution in [3.8, 4) is 0 Å². The van der Waals surface area contributed by atoms with E-state index in [4.69, 9.17) is 16.2 Å². The normalized spacial score (nSPS) is 13.1. The number of ether oxygens (including phenoxy) is 1. The van der Waals surface area contributed by atoms with E-state index >= 15 is 0 Å². The largest absolute Gasteiger partial charge is 0.378 e. The molecule has 0 amide bonds. The molecule has 1 atom stereocenters. The van der Waals surface area contributed by atoms with E-state index in [0.717, 1.165) is 0 Å². The van der Waals surface area contributed by atoms with Crippen molar-refractivity contribution in [1.82, 2.24) is 0 Å². The first kappa shape index (κ1) is 8.55. The van der Waals surface area contributed by atoms with Crippen molar-refractivity contribution in [2.45, 2.75) is 6.04 Å². The maximum absolute atomic E-state index is 9.86. The minimum Gasteiger partial charge on any atom is -0.378 e. The highest BCUT2D eigenvalue weighted by molar-refractivity contribution is 5.56. The van der Waals surface area contributed by atoms with Crippen molar-refractivity contribution in [1.29, 1.82) is 0 Å². The Morgan fingerprint density at radius 3 is 2.78 bits per heavy atom. The van der Waals surface area contributed by atoms with E-state index < -0.39 is 6.04 Å². The first-order valence-corrected chi connectivity index (χ1v) is 2.80. The summed E-state index contributed by atoms with van der Waals surface area (Å²) in [5.74, 6) is 0. The number of carbonyl (C=O) groups excluding carboxylic acids is 1. The van der Waals surface area contributed by atoms with Crippen LogP contribution in [0.1, 0.15) is 0 Å². The number of nitrogens with two attached hydrogens (primary N) is 2. The standard InChI is InChI=1S/C5H12N2O2/c6-1-2-9-4-5(7)3-8/h3,5H,1-2,4,6-7H2/t5-/m1/s1. The fourth-order valence-corrected chi connectivity index (χ4v) is 0.342. The molecule has 0 heterocycles. The maximum Gasteiger partial charge on any atom is 0.139 e. The van der Waals surface area contributed by atoms with Gasteiger partial charge in [-0.25, -0.2) is 0 Å². The zero-order chi connectivity index (χ0) is 7.11. The Hall–Kier alpha value is -0.450. The quantitative estimate of drug-likeness (QED) is 0.352. The van der Waals surface area contributed by atoms with Crippen LogP contribution in [0, 0.1) is 0 Å². The minimum atomic E-state index is -0.503. The van der Waals surface area contributed by atoms with Gasteiger partial charge in [-0.15, -0.1) is 0 Å². The summed E-state index contributed by atoms with van der Waals surface area (Å²) in [6, 6.07) is -0.503. The van der Waals surface area contributed by atoms with Crippen molar-refractivity contribution >= 4 is 6.29 Å². The molecule has 4 N–H and O–H groups in total. The summed E-state index contributed by atoms with van der Waals surface area (Å²) in [5.41, 5.74) is 10.3. The molecule has 0 rings (SSSR count). The van der Waals surface area contributed by atoms with Gasteiger partial charge in [0.05, 0.1) is 19.3 Å². The zero-order valence-electron chi connectivity index (χ0n) is 5.25. The number of aldehydes is 1. The highest BCUT2D eigenvalue weighted by Crippen LogP contribution is 1.74. The summed E-state index contributed by atoms with van der Waals surface area (Å²) in [6.07, 6.45) is 0.649. The molecule has 0 aliphatic heterocycles. The van der Waals surface area contributed by atoms with Gasteiger partial charge in [-0.3, -0.25) is 0 Å². The fourth-order valence-electron chi connectivity index (χ4n) is 0.342. The van der Waals surface area contributed by atoms with Crippen LogP contribution in [0.4, 0.5) is 0 Å². The smallest absolute Gasteiger partial charge is 0.139 e. The third-order valence-electron chi connectivity index (χ3n) is 0.747. The summed E-state index contributed by atoms with van der Waals surface area (Å²) in [7, 11) is 0. The molecule has 0 aromatic carbocycles. The second-order valence-corrected chi connectivity index (χ2v) is 1.66. The first-order valence-electron chi connectivity index (χ1n) is 2.80. The molecular formula is C5H12N2O2. The Kier molecular flexibility index (Phi) is 5.40. The average molecular weight is 132 g/mol. The Labute approximate surface area is 54.2 Å². The average Bonchev–Trinajstić information content (AvgIpc) is 1.89. The molecule has 0 aliphatic rings. The molecule has 54 valence electrons. The molecule has 4 nitrogen and oxygen atoms in total. The van der Waals surface area contributed by atoms with Crippen LogP contribution in [-0.2, 0) is 9.53 Å². The minimum absolute atomic E-state index is 0.265. The third-order valence-corrected chi connectivity index (χ3v) is 0.747. The van der Waals surface area contributed by atoms with Crippen molar-refractivity contribution in [2.75, 3.05) is 19.8 Å². The molecule has 4 heteroatoms. The van der Waals surface area contributed by atoms with Gasteiger partial charge < -0.3 is 21.0 Å². The number of rotatable bonds is 5. The predicted molar refractivity (Wildman–Crippen MR) is 33.9 cm³/mol. The van der Waals surface area contributed by atoms with Crippen LogP contribution >= 0.6 is 0 Å². The van der Waals surface area contributed by atoms with Gasteiger partial charge in [0, 0.05) is 6.54 Å². The summed E-state index contributed by atoms with van der Waals surface area (Å²) < 4.78 is 4.85. The van der Waals surface area contributed by atoms with E-state index in [0.29, 0.717) is 19.4 Å². The molecule has 9 heavy (non-hydrogen) atoms. The SMILES string of the molecule is NCCOC[C@H](N)C=O. The molecule has 0 aliphatic carbocycles. The Morgan fingerprint density at radius 1 is 1.67 bits per heavy atom. The lowest BCUT2D eigenvalue weighted by Gasteiger charge is -2.02. The Bertz CT molecular complexity index is 77.4. The summed E-state index contributed by atoms with van der Waals surface area (Å²) in [5, 5.41) is 0. The monoisotopic (exact) mass is 132 g/mol. The van der Waals surface area contributed by atoms with Crippen molar-refractivity contribution in [2.24, 2.45) is 11.5 Å². The van der Waals surface area contributed by atoms with Gasteiger partial charge in [0.15, 0.2) is 0 Å². The van der Waals surface area contributed by atoms with E-state index in [1.807, 2.05) is 0 Å². The highest BCUT2D eigenvalue weighted by atomic mass is 16.5. The Morgan fingerprint density at radius 2 is 2.33 bits per heavy atom. The third kappa shape index (κ3) is 5.42. The van der Waals surface area contributed by atoms with Crippen LogP contribution < -0.4 is 11.5 Å². The predicted octanol–water partition coefficient (Wildman–Crippen LogP) is -1.51. The lowest BCUT2D eigenvalue weighted by molar-refractivity contribution is -0.110. The summed E-state index contributed by atoms with van der Waals surface area (Å²) in [6.45, 7) is 1.19. The summed E-state index contributed by atoms with van der Waals surface area (Å²) in [4.78, 5) is 9.86. The van der Waals surface area contributed by atoms with Gasteiger partial charge in [-0.2, -0.15) is 0 Å². The summed E-state index contributed by atoms with van der Waals surface area (Å²) >= 11 is 0. The van der Waals surface area contributed by atoms with Crippen molar-refractivity contribution < 1.29 is 9.53 Å². The van der Waals surface area contributed by atoms with Crippen LogP contribution in [0.3, 0.4) is 0 Å². The molecule has 0 radical (unpaired) electrons. The van der Waals surface area contributed by atoms with E-state index in [1.54, 1.807) is 0 Å². The second-order valence-electron chi connectivity index (χ2n) is 1.66. The van der Waals surface area contributed by atoms with E-state index in [9.17, 15) is 4.79 Å². The Balaban J connectivity index is 2.96. The van der Waals surface area contributed by atoms with Gasteiger partial charge in [-0.05, 0) is 0 Å². The fraction of sp³-hybridized carbons (Fsp3) is 0.800. The van der Waals surface area contributed by atoms with Crippen LogP contribution in [-0.4, -0.2) is 32.1 Å². The van der Waals surface area contributed by atoms with Gasteiger partial charge in [0.25, 0.3) is 0 Å². The zero-order valence-corrected chi connectivity index (χ0v) is 5.25. The van der Waals surface area contributed by atoms with Crippen molar-refractivity contribution in [3.63, 3.8) is 0 Å². The van der Waals surface area contributed by atoms with E-state index in [1.165, 1.54) is 0 Å². The topological polar surface area (TPSA) is 78.3 Å². The van der Waals surface area contributed by atoms with Crippen LogP contribution in [0.2, 0.25) is 0 Å². The molecule has 0 saturated heterocycles. The molecule has 0 spiro atoms. The van der Waals surface area contributed by atoms with Gasteiger partial charge in [-0.1, -0.05) is 0 Å². The lowest BCUT2D eigenvalue weighted by atomic mass is 10.4. The number of hydrogen-bond donors (Lipinski definition) is 2. The first-order chi connectivity index (χ1) is 4.31. The molecule has 0 saturated carbocycles. The molecular weight excluding hydrogens is 120 g/mol. The van der Waals surface area contributed by atoms with Crippen LogP contribution in [0.5, 0.6) is 0 Å². The van der Waals surface area contributed by atoms with Gasteiger partial charge in [0.2, 0.25) is 0 Å². The number of hydrogen-bond acceptors (Lipinski definition) is 4. The molecule has 0 fully saturated rings. The maximum atomic E-state index is 9.86. The number of carbonyl (C=O) groups is 1. The van der Waals surface area contributed by atoms with Crippen molar-refractivity contribution in [3.05, 3.63) is 0 Å². The van der Waals surface area contributed by atoms with Crippen LogP contribution in [0.15, 0.2) is 0 Å². The van der Waals surface area contributed by atoms with Gasteiger partial charge >= 0.3 is 0 Å². The molecule has 0 unspecified atom stereocenters. The van der Waals surface area contributed by atoms with E-state index in [2.05, 4.69) is 0 Å². The molecule has 0 aromatic rings. The molecule has 0 bridgehead atoms.